The number of ether oxygens (including phenoxy) is 1. The lowest BCUT2D eigenvalue weighted by Crippen LogP contribution is -2.32. The SMILES string of the molecule is CC(C)[C@@H](NC(=O)[C@@H]1C[C@H]1c1nc2ccccc2[nH]1)c1ccc(OCC(F)(F)F)s1. The number of hydrogen-bond donors (Lipinski definition) is 2. The highest BCUT2D eigenvalue weighted by molar-refractivity contribution is 7.13. The van der Waals surface area contributed by atoms with Crippen LogP contribution in [0, 0.1) is 11.8 Å². The summed E-state index contributed by atoms with van der Waals surface area (Å²) in [6, 6.07) is 10.7. The van der Waals surface area contributed by atoms with Crippen LogP contribution >= 0.6 is 11.3 Å². The van der Waals surface area contributed by atoms with Crippen molar-refractivity contribution in [3.05, 3.63) is 47.1 Å². The summed E-state index contributed by atoms with van der Waals surface area (Å²) in [5.41, 5.74) is 1.83. The predicted octanol–water partition coefficient (Wildman–Crippen LogP) is 5.18. The zero-order chi connectivity index (χ0) is 21.5. The second-order valence-corrected chi connectivity index (χ2v) is 8.96. The monoisotopic (exact) mass is 437 g/mol. The summed E-state index contributed by atoms with van der Waals surface area (Å²) in [6.45, 7) is 2.60. The molecule has 9 heteroatoms. The Kier molecular flexibility index (Phi) is 5.48. The summed E-state index contributed by atoms with van der Waals surface area (Å²) in [5, 5.41) is 3.25. The molecule has 5 nitrogen and oxygen atoms in total. The lowest BCUT2D eigenvalue weighted by Gasteiger charge is -2.21. The molecule has 0 radical (unpaired) electrons. The van der Waals surface area contributed by atoms with Gasteiger partial charge in [-0.25, -0.2) is 4.98 Å². The van der Waals surface area contributed by atoms with Gasteiger partial charge in [0.1, 0.15) is 5.82 Å². The van der Waals surface area contributed by atoms with Crippen molar-refractivity contribution in [3.8, 4) is 5.06 Å². The van der Waals surface area contributed by atoms with E-state index in [0.29, 0.717) is 0 Å². The number of amides is 1. The number of H-pyrrole nitrogens is 1. The van der Waals surface area contributed by atoms with Crippen LogP contribution in [0.25, 0.3) is 11.0 Å². The Morgan fingerprint density at radius 1 is 1.30 bits per heavy atom. The zero-order valence-corrected chi connectivity index (χ0v) is 17.3. The van der Waals surface area contributed by atoms with Gasteiger partial charge in [-0.15, -0.1) is 11.3 Å². The Bertz CT molecular complexity index is 1010. The average molecular weight is 437 g/mol. The number of rotatable bonds is 7. The van der Waals surface area contributed by atoms with Gasteiger partial charge in [-0.05, 0) is 36.6 Å². The molecule has 0 spiro atoms. The Balaban J connectivity index is 1.40. The molecule has 1 aromatic carbocycles. The fourth-order valence-electron chi connectivity index (χ4n) is 3.49. The van der Waals surface area contributed by atoms with Crippen molar-refractivity contribution >= 4 is 28.3 Å². The first kappa shape index (κ1) is 20.7. The molecule has 0 unspecified atom stereocenters. The quantitative estimate of drug-likeness (QED) is 0.535. The van der Waals surface area contributed by atoms with Gasteiger partial charge in [-0.2, -0.15) is 13.2 Å². The van der Waals surface area contributed by atoms with Crippen LogP contribution in [-0.2, 0) is 4.79 Å². The highest BCUT2D eigenvalue weighted by Crippen LogP contribution is 2.47. The third kappa shape index (κ3) is 4.61. The number of imidazole rings is 1. The van der Waals surface area contributed by atoms with Crippen molar-refractivity contribution in [2.45, 2.75) is 38.4 Å². The molecule has 1 saturated carbocycles. The fourth-order valence-corrected chi connectivity index (χ4v) is 4.57. The van der Waals surface area contributed by atoms with Crippen LogP contribution < -0.4 is 10.1 Å². The maximum Gasteiger partial charge on any atom is 0.422 e. The number of carbonyl (C=O) groups is 1. The third-order valence-electron chi connectivity index (χ3n) is 5.14. The van der Waals surface area contributed by atoms with Gasteiger partial charge in [-0.1, -0.05) is 26.0 Å². The zero-order valence-electron chi connectivity index (χ0n) is 16.5. The van der Waals surface area contributed by atoms with E-state index in [1.165, 1.54) is 6.07 Å². The minimum absolute atomic E-state index is 0.0548. The highest BCUT2D eigenvalue weighted by Gasteiger charge is 2.46. The number of thiophene rings is 1. The first-order chi connectivity index (χ1) is 14.2. The first-order valence-corrected chi connectivity index (χ1v) is 10.6. The number of aromatic amines is 1. The van der Waals surface area contributed by atoms with Crippen LogP contribution in [0.1, 0.15) is 42.9 Å². The number of nitrogens with one attached hydrogen (secondary N) is 2. The number of nitrogens with zero attached hydrogens (tertiary/aromatic N) is 1. The van der Waals surface area contributed by atoms with Gasteiger partial charge in [0.25, 0.3) is 0 Å². The number of aromatic nitrogens is 2. The van der Waals surface area contributed by atoms with Crippen LogP contribution in [-0.4, -0.2) is 28.7 Å². The Morgan fingerprint density at radius 2 is 2.07 bits per heavy atom. The third-order valence-corrected chi connectivity index (χ3v) is 6.22. The van der Waals surface area contributed by atoms with E-state index in [2.05, 4.69) is 15.3 Å². The molecule has 160 valence electrons. The number of carbonyl (C=O) groups excluding carboxylic acids is 1. The minimum atomic E-state index is -4.38. The number of hydrogen-bond acceptors (Lipinski definition) is 4. The molecule has 3 aromatic rings. The molecule has 0 saturated heterocycles. The fraction of sp³-hybridized carbons (Fsp3) is 0.429. The van der Waals surface area contributed by atoms with Gasteiger partial charge in [0, 0.05) is 16.7 Å². The maximum absolute atomic E-state index is 12.8. The summed E-state index contributed by atoms with van der Waals surface area (Å²) in [6.07, 6.45) is -3.66. The Morgan fingerprint density at radius 3 is 2.77 bits per heavy atom. The van der Waals surface area contributed by atoms with Crippen molar-refractivity contribution in [1.82, 2.24) is 15.3 Å². The standard InChI is InChI=1S/C21H22F3N3O2S/c1-11(2)18(16-7-8-17(30-16)29-10-21(22,23)24)27-20(28)13-9-12(13)19-25-14-5-3-4-6-15(14)26-19/h3-8,11-13,18H,9-10H2,1-2H3,(H,25,26)(H,27,28)/t12-,13-,18-/m1/s1. The van der Waals surface area contributed by atoms with E-state index in [4.69, 9.17) is 4.74 Å². The number of para-hydroxylation sites is 2. The molecule has 1 amide bonds. The predicted molar refractivity (Wildman–Crippen MR) is 109 cm³/mol. The first-order valence-electron chi connectivity index (χ1n) is 9.75. The second kappa shape index (κ2) is 7.94. The van der Waals surface area contributed by atoms with Crippen molar-refractivity contribution < 1.29 is 22.7 Å². The van der Waals surface area contributed by atoms with E-state index in [0.717, 1.165) is 39.5 Å². The van der Waals surface area contributed by atoms with E-state index < -0.39 is 12.8 Å². The van der Waals surface area contributed by atoms with E-state index in [-0.39, 0.29) is 34.8 Å². The largest absolute Gasteiger partial charge is 0.475 e. The molecule has 30 heavy (non-hydrogen) atoms. The maximum atomic E-state index is 12.8. The molecule has 2 N–H and O–H groups in total. The molecule has 1 fully saturated rings. The van der Waals surface area contributed by atoms with Crippen LogP contribution in [0.3, 0.4) is 0 Å². The summed E-state index contributed by atoms with van der Waals surface area (Å²) < 4.78 is 41.9. The van der Waals surface area contributed by atoms with Crippen LogP contribution in [0.4, 0.5) is 13.2 Å². The van der Waals surface area contributed by atoms with Gasteiger partial charge < -0.3 is 15.0 Å². The van der Waals surface area contributed by atoms with Crippen molar-refractivity contribution in [2.24, 2.45) is 11.8 Å². The van der Waals surface area contributed by atoms with Gasteiger partial charge in [0.05, 0.1) is 17.1 Å². The second-order valence-electron chi connectivity index (χ2n) is 7.88. The van der Waals surface area contributed by atoms with Gasteiger partial charge in [-0.3, -0.25) is 4.79 Å². The summed E-state index contributed by atoms with van der Waals surface area (Å²) in [7, 11) is 0. The number of fused-ring (bicyclic) bond motifs is 1. The van der Waals surface area contributed by atoms with Crippen molar-refractivity contribution in [1.29, 1.82) is 0 Å². The highest BCUT2D eigenvalue weighted by atomic mass is 32.1. The molecule has 4 rings (SSSR count). The molecule has 1 aliphatic rings. The normalized spacial score (nSPS) is 19.8. The average Bonchev–Trinajstić information content (AvgIpc) is 3.15. The molecular formula is C21H22F3N3O2S. The smallest absolute Gasteiger partial charge is 0.422 e. The lowest BCUT2D eigenvalue weighted by atomic mass is 10.0. The van der Waals surface area contributed by atoms with E-state index in [9.17, 15) is 18.0 Å². The summed E-state index contributed by atoms with van der Waals surface area (Å²) >= 11 is 1.13. The topological polar surface area (TPSA) is 67.0 Å². The number of benzene rings is 1. The minimum Gasteiger partial charge on any atom is -0.475 e. The molecule has 2 heterocycles. The number of alkyl halides is 3. The molecular weight excluding hydrogens is 415 g/mol. The summed E-state index contributed by atoms with van der Waals surface area (Å²) in [5.74, 6) is 0.722. The molecule has 1 aliphatic carbocycles. The Labute approximate surface area is 175 Å². The van der Waals surface area contributed by atoms with E-state index >= 15 is 0 Å². The van der Waals surface area contributed by atoms with Crippen LogP contribution in [0.5, 0.6) is 5.06 Å². The molecule has 3 atom stereocenters. The number of halogens is 3. The molecule has 0 aliphatic heterocycles. The Hall–Kier alpha value is -2.55. The van der Waals surface area contributed by atoms with Crippen LogP contribution in [0.2, 0.25) is 0 Å². The van der Waals surface area contributed by atoms with Crippen LogP contribution in [0.15, 0.2) is 36.4 Å². The van der Waals surface area contributed by atoms with Gasteiger partial charge >= 0.3 is 6.18 Å². The van der Waals surface area contributed by atoms with E-state index in [1.54, 1.807) is 6.07 Å². The van der Waals surface area contributed by atoms with Gasteiger partial charge in [0.2, 0.25) is 5.91 Å². The van der Waals surface area contributed by atoms with Crippen molar-refractivity contribution in [3.63, 3.8) is 0 Å². The summed E-state index contributed by atoms with van der Waals surface area (Å²) in [4.78, 5) is 21.5. The lowest BCUT2D eigenvalue weighted by molar-refractivity contribution is -0.152. The molecule has 0 bridgehead atoms. The van der Waals surface area contributed by atoms with Gasteiger partial charge in [0.15, 0.2) is 11.7 Å². The van der Waals surface area contributed by atoms with E-state index in [1.807, 2.05) is 38.1 Å². The molecule has 2 aromatic heterocycles. The van der Waals surface area contributed by atoms with Crippen molar-refractivity contribution in [2.75, 3.05) is 6.61 Å².